The van der Waals surface area contributed by atoms with Crippen molar-refractivity contribution in [2.45, 2.75) is 38.6 Å². The standard InChI is InChI=1S/C13H20IN/c1-3-4-5-13(15-2)10-11-6-8-12(14)9-7-11/h6-9,13,15H,3-5,10H2,1-2H3. The third-order valence-corrected chi connectivity index (χ3v) is 3.43. The maximum atomic E-state index is 3.40. The maximum absolute atomic E-state index is 3.40. The Morgan fingerprint density at radius 1 is 1.27 bits per heavy atom. The normalized spacial score (nSPS) is 12.7. The molecule has 1 atom stereocenters. The van der Waals surface area contributed by atoms with Gasteiger partial charge in [-0.1, -0.05) is 31.9 Å². The van der Waals surface area contributed by atoms with Crippen LogP contribution in [-0.2, 0) is 6.42 Å². The lowest BCUT2D eigenvalue weighted by Gasteiger charge is -2.15. The second-order valence-electron chi connectivity index (χ2n) is 3.96. The lowest BCUT2D eigenvalue weighted by atomic mass is 10.0. The number of likely N-dealkylation sites (N-methyl/N-ethyl adjacent to an activating group) is 1. The van der Waals surface area contributed by atoms with Gasteiger partial charge in [-0.2, -0.15) is 0 Å². The highest BCUT2D eigenvalue weighted by Crippen LogP contribution is 2.11. The first-order valence-corrected chi connectivity index (χ1v) is 6.75. The molecule has 1 nitrogen and oxygen atoms in total. The van der Waals surface area contributed by atoms with Gasteiger partial charge >= 0.3 is 0 Å². The molecule has 1 rings (SSSR count). The summed E-state index contributed by atoms with van der Waals surface area (Å²) in [5, 5.41) is 3.40. The number of hydrogen-bond donors (Lipinski definition) is 1. The fourth-order valence-corrected chi connectivity index (χ4v) is 2.06. The Bertz CT molecular complexity index is 268. The first kappa shape index (κ1) is 13.0. The zero-order valence-electron chi connectivity index (χ0n) is 9.59. The largest absolute Gasteiger partial charge is 0.317 e. The van der Waals surface area contributed by atoms with Crippen LogP contribution in [0.1, 0.15) is 31.7 Å². The van der Waals surface area contributed by atoms with E-state index in [0.717, 1.165) is 6.42 Å². The molecule has 1 aromatic rings. The van der Waals surface area contributed by atoms with Crippen molar-refractivity contribution in [3.63, 3.8) is 0 Å². The monoisotopic (exact) mass is 317 g/mol. The van der Waals surface area contributed by atoms with Crippen molar-refractivity contribution in [2.24, 2.45) is 0 Å². The van der Waals surface area contributed by atoms with E-state index in [1.54, 1.807) is 0 Å². The zero-order chi connectivity index (χ0) is 11.1. The second-order valence-corrected chi connectivity index (χ2v) is 5.20. The van der Waals surface area contributed by atoms with Gasteiger partial charge in [-0.25, -0.2) is 0 Å². The minimum absolute atomic E-state index is 0.630. The van der Waals surface area contributed by atoms with E-state index in [2.05, 4.69) is 66.1 Å². The van der Waals surface area contributed by atoms with E-state index in [9.17, 15) is 0 Å². The van der Waals surface area contributed by atoms with Crippen LogP contribution in [-0.4, -0.2) is 13.1 Å². The number of benzene rings is 1. The highest BCUT2D eigenvalue weighted by atomic mass is 127. The molecule has 0 aliphatic rings. The molecule has 0 heterocycles. The molecule has 1 N–H and O–H groups in total. The van der Waals surface area contributed by atoms with Crippen LogP contribution in [0.4, 0.5) is 0 Å². The molecule has 0 bridgehead atoms. The Kier molecular flexibility index (Phi) is 6.25. The van der Waals surface area contributed by atoms with Crippen LogP contribution >= 0.6 is 22.6 Å². The topological polar surface area (TPSA) is 12.0 Å². The molecule has 0 saturated carbocycles. The highest BCUT2D eigenvalue weighted by Gasteiger charge is 2.06. The molecule has 1 aromatic carbocycles. The van der Waals surface area contributed by atoms with Gasteiger partial charge in [0.15, 0.2) is 0 Å². The van der Waals surface area contributed by atoms with Crippen molar-refractivity contribution in [3.05, 3.63) is 33.4 Å². The van der Waals surface area contributed by atoms with Crippen molar-refractivity contribution < 1.29 is 0 Å². The summed E-state index contributed by atoms with van der Waals surface area (Å²) in [7, 11) is 2.06. The summed E-state index contributed by atoms with van der Waals surface area (Å²) in [6, 6.07) is 9.46. The predicted octanol–water partition coefficient (Wildman–Crippen LogP) is 3.61. The van der Waals surface area contributed by atoms with Gasteiger partial charge < -0.3 is 5.32 Å². The summed E-state index contributed by atoms with van der Waals surface area (Å²) in [6.45, 7) is 2.25. The Morgan fingerprint density at radius 2 is 1.93 bits per heavy atom. The second kappa shape index (κ2) is 7.23. The smallest absolute Gasteiger partial charge is 0.0130 e. The third-order valence-electron chi connectivity index (χ3n) is 2.71. The van der Waals surface area contributed by atoms with E-state index in [-0.39, 0.29) is 0 Å². The molecule has 0 amide bonds. The lowest BCUT2D eigenvalue weighted by molar-refractivity contribution is 0.498. The van der Waals surface area contributed by atoms with Gasteiger partial charge in [0.2, 0.25) is 0 Å². The number of unbranched alkanes of at least 4 members (excludes halogenated alkanes) is 1. The van der Waals surface area contributed by atoms with Gasteiger partial charge in [-0.15, -0.1) is 0 Å². The van der Waals surface area contributed by atoms with Gasteiger partial charge in [0.1, 0.15) is 0 Å². The van der Waals surface area contributed by atoms with Crippen molar-refractivity contribution in [1.29, 1.82) is 0 Å². The van der Waals surface area contributed by atoms with E-state index in [4.69, 9.17) is 0 Å². The van der Waals surface area contributed by atoms with Gasteiger partial charge in [0, 0.05) is 9.61 Å². The SMILES string of the molecule is CCCCC(Cc1ccc(I)cc1)NC. The number of halogens is 1. The molecule has 1 unspecified atom stereocenters. The Hall–Kier alpha value is -0.0900. The molecule has 84 valence electrons. The van der Waals surface area contributed by atoms with Crippen LogP contribution in [0.15, 0.2) is 24.3 Å². The molecule has 0 saturated heterocycles. The van der Waals surface area contributed by atoms with Crippen LogP contribution in [0, 0.1) is 3.57 Å². The lowest BCUT2D eigenvalue weighted by Crippen LogP contribution is -2.27. The summed E-state index contributed by atoms with van der Waals surface area (Å²) < 4.78 is 1.31. The summed E-state index contributed by atoms with van der Waals surface area (Å²) >= 11 is 2.35. The number of hydrogen-bond acceptors (Lipinski definition) is 1. The first-order valence-electron chi connectivity index (χ1n) is 5.68. The van der Waals surface area contributed by atoms with E-state index >= 15 is 0 Å². The summed E-state index contributed by atoms with van der Waals surface area (Å²) in [6.07, 6.45) is 5.02. The summed E-state index contributed by atoms with van der Waals surface area (Å²) in [4.78, 5) is 0. The quantitative estimate of drug-likeness (QED) is 0.790. The zero-order valence-corrected chi connectivity index (χ0v) is 11.8. The number of rotatable bonds is 6. The van der Waals surface area contributed by atoms with Crippen LogP contribution in [0.3, 0.4) is 0 Å². The Morgan fingerprint density at radius 3 is 2.47 bits per heavy atom. The van der Waals surface area contributed by atoms with Crippen LogP contribution < -0.4 is 5.32 Å². The molecule has 0 aliphatic carbocycles. The molecule has 0 fully saturated rings. The fourth-order valence-electron chi connectivity index (χ4n) is 1.70. The molecule has 0 aromatic heterocycles. The predicted molar refractivity (Wildman–Crippen MR) is 75.2 cm³/mol. The van der Waals surface area contributed by atoms with Crippen molar-refractivity contribution in [2.75, 3.05) is 7.05 Å². The molecular weight excluding hydrogens is 297 g/mol. The third kappa shape index (κ3) is 4.98. The first-order chi connectivity index (χ1) is 7.26. The van der Waals surface area contributed by atoms with Gasteiger partial charge in [-0.3, -0.25) is 0 Å². The van der Waals surface area contributed by atoms with Crippen LogP contribution in [0.5, 0.6) is 0 Å². The average molecular weight is 317 g/mol. The molecule has 2 heteroatoms. The summed E-state index contributed by atoms with van der Waals surface area (Å²) in [5.41, 5.74) is 1.44. The van der Waals surface area contributed by atoms with Crippen molar-refractivity contribution in [3.8, 4) is 0 Å². The molecule has 15 heavy (non-hydrogen) atoms. The van der Waals surface area contributed by atoms with E-state index in [1.165, 1.54) is 28.4 Å². The molecule has 0 radical (unpaired) electrons. The minimum Gasteiger partial charge on any atom is -0.317 e. The fraction of sp³-hybridized carbons (Fsp3) is 0.538. The summed E-state index contributed by atoms with van der Waals surface area (Å²) in [5.74, 6) is 0. The molecular formula is C13H20IN. The van der Waals surface area contributed by atoms with Gasteiger partial charge in [0.25, 0.3) is 0 Å². The van der Waals surface area contributed by atoms with E-state index < -0.39 is 0 Å². The van der Waals surface area contributed by atoms with Crippen LogP contribution in [0.25, 0.3) is 0 Å². The number of nitrogens with one attached hydrogen (secondary N) is 1. The highest BCUT2D eigenvalue weighted by molar-refractivity contribution is 14.1. The van der Waals surface area contributed by atoms with Gasteiger partial charge in [-0.05, 0) is 60.2 Å². The van der Waals surface area contributed by atoms with Crippen molar-refractivity contribution in [1.82, 2.24) is 5.32 Å². The minimum atomic E-state index is 0.630. The van der Waals surface area contributed by atoms with Crippen molar-refractivity contribution >= 4 is 22.6 Å². The Labute approximate surface area is 107 Å². The molecule has 0 spiro atoms. The Balaban J connectivity index is 2.47. The van der Waals surface area contributed by atoms with Crippen LogP contribution in [0.2, 0.25) is 0 Å². The average Bonchev–Trinajstić information content (AvgIpc) is 2.27. The van der Waals surface area contributed by atoms with E-state index in [1.807, 2.05) is 0 Å². The van der Waals surface area contributed by atoms with Gasteiger partial charge in [0.05, 0.1) is 0 Å². The van der Waals surface area contributed by atoms with E-state index in [0.29, 0.717) is 6.04 Å². The maximum Gasteiger partial charge on any atom is 0.0130 e. The molecule has 0 aliphatic heterocycles.